The van der Waals surface area contributed by atoms with Gasteiger partial charge < -0.3 is 9.84 Å². The fraction of sp³-hybridized carbons (Fsp3) is 0.333. The molecule has 0 spiro atoms. The van der Waals surface area contributed by atoms with Gasteiger partial charge in [0.15, 0.2) is 6.29 Å². The van der Waals surface area contributed by atoms with Crippen molar-refractivity contribution in [2.45, 2.75) is 13.2 Å². The molecule has 1 atom stereocenters. The molecule has 0 aliphatic rings. The summed E-state index contributed by atoms with van der Waals surface area (Å²) in [5.41, 5.74) is 2.19. The number of rotatable bonds is 3. The van der Waals surface area contributed by atoms with E-state index in [0.29, 0.717) is 12.2 Å². The Morgan fingerprint density at radius 2 is 2.21 bits per heavy atom. The predicted molar refractivity (Wildman–Crippen MR) is 50.5 cm³/mol. The number of nitrogens with one attached hydrogen (secondary N) is 1. The molecular weight excluding hydrogens is 182 g/mol. The zero-order valence-corrected chi connectivity index (χ0v) is 7.77. The summed E-state index contributed by atoms with van der Waals surface area (Å²) in [6.07, 6.45) is -0.888. The first kappa shape index (κ1) is 9.11. The van der Waals surface area contributed by atoms with E-state index in [-0.39, 0.29) is 0 Å². The zero-order chi connectivity index (χ0) is 9.97. The van der Waals surface area contributed by atoms with Crippen molar-refractivity contribution in [3.05, 3.63) is 23.8 Å². The van der Waals surface area contributed by atoms with Crippen molar-refractivity contribution in [3.63, 3.8) is 0 Å². The highest BCUT2D eigenvalue weighted by molar-refractivity contribution is 5.74. The number of aromatic nitrogens is 3. The molecule has 2 N–H and O–H groups in total. The van der Waals surface area contributed by atoms with Crippen molar-refractivity contribution < 1.29 is 9.84 Å². The van der Waals surface area contributed by atoms with Crippen LogP contribution in [0.25, 0.3) is 11.0 Å². The second-order valence-corrected chi connectivity index (χ2v) is 2.88. The minimum atomic E-state index is -0.888. The fourth-order valence-electron chi connectivity index (χ4n) is 1.26. The van der Waals surface area contributed by atoms with E-state index in [1.54, 1.807) is 18.2 Å². The second kappa shape index (κ2) is 3.73. The molecular formula is C9H11N3O2. The topological polar surface area (TPSA) is 71.0 Å². The van der Waals surface area contributed by atoms with Crippen molar-refractivity contribution in [2.75, 3.05) is 6.61 Å². The number of ether oxygens (including phenoxy) is 1. The normalized spacial score (nSPS) is 13.3. The Labute approximate surface area is 80.7 Å². The molecule has 0 saturated heterocycles. The first-order valence-corrected chi connectivity index (χ1v) is 4.41. The molecule has 0 radical (unpaired) electrons. The van der Waals surface area contributed by atoms with E-state index in [9.17, 15) is 5.11 Å². The van der Waals surface area contributed by atoms with Gasteiger partial charge >= 0.3 is 0 Å². The van der Waals surface area contributed by atoms with Crippen LogP contribution in [0.1, 0.15) is 18.8 Å². The van der Waals surface area contributed by atoms with Crippen LogP contribution in [0.5, 0.6) is 0 Å². The number of aliphatic hydroxyl groups is 1. The molecule has 74 valence electrons. The quantitative estimate of drug-likeness (QED) is 0.713. The van der Waals surface area contributed by atoms with E-state index in [1.165, 1.54) is 0 Å². The van der Waals surface area contributed by atoms with Gasteiger partial charge in [-0.1, -0.05) is 6.07 Å². The second-order valence-electron chi connectivity index (χ2n) is 2.88. The molecule has 0 fully saturated rings. The van der Waals surface area contributed by atoms with Crippen LogP contribution in [-0.4, -0.2) is 27.1 Å². The molecule has 2 rings (SSSR count). The third-order valence-electron chi connectivity index (χ3n) is 1.95. The first-order chi connectivity index (χ1) is 6.81. The molecule has 1 unspecified atom stereocenters. The van der Waals surface area contributed by atoms with Crippen molar-refractivity contribution >= 4 is 11.0 Å². The molecule has 14 heavy (non-hydrogen) atoms. The molecule has 0 saturated carbocycles. The summed E-state index contributed by atoms with van der Waals surface area (Å²) in [4.78, 5) is 0. The minimum Gasteiger partial charge on any atom is -0.364 e. The summed E-state index contributed by atoms with van der Waals surface area (Å²) in [6.45, 7) is 2.30. The van der Waals surface area contributed by atoms with Crippen LogP contribution in [-0.2, 0) is 4.74 Å². The fourth-order valence-corrected chi connectivity index (χ4v) is 1.26. The summed E-state index contributed by atoms with van der Waals surface area (Å²) < 4.78 is 5.05. The van der Waals surface area contributed by atoms with Gasteiger partial charge in [-0.15, -0.1) is 0 Å². The van der Waals surface area contributed by atoms with Crippen molar-refractivity contribution in [2.24, 2.45) is 0 Å². The van der Waals surface area contributed by atoms with E-state index in [2.05, 4.69) is 15.4 Å². The standard InChI is InChI=1S/C9H11N3O2/c1-2-14-9(13)6-3-4-7-8(5-6)11-12-10-7/h3-5,9,13H,2H2,1H3,(H,10,11,12). The number of benzene rings is 1. The summed E-state index contributed by atoms with van der Waals surface area (Å²) in [5.74, 6) is 0. The molecule has 0 aliphatic heterocycles. The number of H-pyrrole nitrogens is 1. The third-order valence-corrected chi connectivity index (χ3v) is 1.95. The number of nitrogens with zero attached hydrogens (tertiary/aromatic N) is 2. The van der Waals surface area contributed by atoms with Crippen LogP contribution in [0.15, 0.2) is 18.2 Å². The third kappa shape index (κ3) is 1.59. The highest BCUT2D eigenvalue weighted by Crippen LogP contribution is 2.17. The van der Waals surface area contributed by atoms with Crippen LogP contribution >= 0.6 is 0 Å². The Bertz CT molecular complexity index is 427. The highest BCUT2D eigenvalue weighted by atomic mass is 16.6. The summed E-state index contributed by atoms with van der Waals surface area (Å²) in [6, 6.07) is 5.31. The average molecular weight is 193 g/mol. The zero-order valence-electron chi connectivity index (χ0n) is 7.77. The summed E-state index contributed by atoms with van der Waals surface area (Å²) in [5, 5.41) is 19.9. The molecule has 1 heterocycles. The van der Waals surface area contributed by atoms with E-state index in [4.69, 9.17) is 4.74 Å². The van der Waals surface area contributed by atoms with Crippen LogP contribution in [0.2, 0.25) is 0 Å². The molecule has 1 aromatic heterocycles. The van der Waals surface area contributed by atoms with Crippen molar-refractivity contribution in [1.29, 1.82) is 0 Å². The monoisotopic (exact) mass is 193 g/mol. The molecule has 0 bridgehead atoms. The molecule has 0 aliphatic carbocycles. The van der Waals surface area contributed by atoms with Crippen LogP contribution in [0, 0.1) is 0 Å². The van der Waals surface area contributed by atoms with E-state index < -0.39 is 6.29 Å². The van der Waals surface area contributed by atoms with Crippen LogP contribution < -0.4 is 0 Å². The van der Waals surface area contributed by atoms with Gasteiger partial charge in [0.2, 0.25) is 0 Å². The van der Waals surface area contributed by atoms with E-state index in [1.807, 2.05) is 6.92 Å². The van der Waals surface area contributed by atoms with Gasteiger partial charge in [0.25, 0.3) is 0 Å². The maximum atomic E-state index is 9.54. The van der Waals surface area contributed by atoms with E-state index in [0.717, 1.165) is 11.0 Å². The average Bonchev–Trinajstić information content (AvgIpc) is 2.64. The van der Waals surface area contributed by atoms with Crippen molar-refractivity contribution in [3.8, 4) is 0 Å². The van der Waals surface area contributed by atoms with Gasteiger partial charge in [-0.05, 0) is 19.1 Å². The first-order valence-electron chi connectivity index (χ1n) is 4.41. The lowest BCUT2D eigenvalue weighted by molar-refractivity contribution is -0.0979. The maximum Gasteiger partial charge on any atom is 0.181 e. The highest BCUT2D eigenvalue weighted by Gasteiger charge is 2.08. The Morgan fingerprint density at radius 3 is 3.00 bits per heavy atom. The van der Waals surface area contributed by atoms with Gasteiger partial charge in [-0.2, -0.15) is 15.4 Å². The number of aromatic amines is 1. The number of fused-ring (bicyclic) bond motifs is 1. The van der Waals surface area contributed by atoms with Crippen LogP contribution in [0.3, 0.4) is 0 Å². The summed E-state index contributed by atoms with van der Waals surface area (Å²) >= 11 is 0. The lowest BCUT2D eigenvalue weighted by atomic mass is 10.2. The van der Waals surface area contributed by atoms with Gasteiger partial charge in [-0.25, -0.2) is 0 Å². The molecule has 0 amide bonds. The Balaban J connectivity index is 2.33. The van der Waals surface area contributed by atoms with Gasteiger partial charge in [-0.3, -0.25) is 0 Å². The lowest BCUT2D eigenvalue weighted by Crippen LogP contribution is -2.02. The number of hydrogen-bond acceptors (Lipinski definition) is 4. The lowest BCUT2D eigenvalue weighted by Gasteiger charge is -2.09. The van der Waals surface area contributed by atoms with Gasteiger partial charge in [0.05, 0.1) is 0 Å². The smallest absolute Gasteiger partial charge is 0.181 e. The molecule has 5 heteroatoms. The summed E-state index contributed by atoms with van der Waals surface area (Å²) in [7, 11) is 0. The Kier molecular flexibility index (Phi) is 2.43. The maximum absolute atomic E-state index is 9.54. The number of hydrogen-bond donors (Lipinski definition) is 2. The van der Waals surface area contributed by atoms with E-state index >= 15 is 0 Å². The number of aliphatic hydroxyl groups excluding tert-OH is 1. The molecule has 1 aromatic carbocycles. The van der Waals surface area contributed by atoms with Gasteiger partial charge in [0, 0.05) is 12.2 Å². The SMILES string of the molecule is CCOC(O)c1ccc2n[nH]nc2c1. The molecule has 2 aromatic rings. The van der Waals surface area contributed by atoms with Crippen molar-refractivity contribution in [1.82, 2.24) is 15.4 Å². The minimum absolute atomic E-state index is 0.470. The largest absolute Gasteiger partial charge is 0.364 e. The Morgan fingerprint density at radius 1 is 1.43 bits per heavy atom. The van der Waals surface area contributed by atoms with Gasteiger partial charge in [0.1, 0.15) is 11.0 Å². The predicted octanol–water partition coefficient (Wildman–Crippen LogP) is 0.985. The Hall–Kier alpha value is -1.46. The van der Waals surface area contributed by atoms with Crippen LogP contribution in [0.4, 0.5) is 0 Å². The molecule has 5 nitrogen and oxygen atoms in total.